The van der Waals surface area contributed by atoms with Crippen molar-refractivity contribution >= 4 is 0 Å². The molecule has 0 aliphatic heterocycles. The van der Waals surface area contributed by atoms with Crippen molar-refractivity contribution < 1.29 is 4.74 Å². The summed E-state index contributed by atoms with van der Waals surface area (Å²) in [5, 5.41) is 3.55. The first-order chi connectivity index (χ1) is 9.31. The molecule has 1 N–H and O–H groups in total. The number of nitrogens with one attached hydrogen (secondary N) is 1. The smallest absolute Gasteiger partial charge is 0.0645 e. The van der Waals surface area contributed by atoms with Crippen LogP contribution in [0.1, 0.15) is 58.1 Å². The average molecular weight is 266 g/mol. The molecule has 0 aliphatic rings. The third-order valence-corrected chi connectivity index (χ3v) is 3.34. The van der Waals surface area contributed by atoms with E-state index in [4.69, 9.17) is 4.74 Å². The van der Waals surface area contributed by atoms with E-state index in [1.165, 1.54) is 24.8 Å². The first-order valence-electron chi connectivity index (χ1n) is 7.78. The van der Waals surface area contributed by atoms with Gasteiger partial charge in [-0.2, -0.15) is 0 Å². The maximum absolute atomic E-state index is 5.61. The van der Waals surface area contributed by atoms with Gasteiger partial charge < -0.3 is 14.6 Å². The highest BCUT2D eigenvalue weighted by Crippen LogP contribution is 2.18. The van der Waals surface area contributed by atoms with Crippen molar-refractivity contribution in [1.29, 1.82) is 0 Å². The van der Waals surface area contributed by atoms with E-state index in [2.05, 4.69) is 49.1 Å². The first kappa shape index (κ1) is 16.3. The van der Waals surface area contributed by atoms with Crippen LogP contribution in [0.4, 0.5) is 0 Å². The van der Waals surface area contributed by atoms with E-state index in [-0.39, 0.29) is 0 Å². The molecule has 3 nitrogen and oxygen atoms in total. The van der Waals surface area contributed by atoms with E-state index in [0.717, 1.165) is 32.7 Å². The fraction of sp³-hybridized carbons (Fsp3) is 0.750. The van der Waals surface area contributed by atoms with Gasteiger partial charge in [0.2, 0.25) is 0 Å². The molecule has 0 bridgehead atoms. The van der Waals surface area contributed by atoms with Crippen molar-refractivity contribution in [2.45, 2.75) is 59.0 Å². The Hall–Kier alpha value is -0.800. The number of hydrogen-bond donors (Lipinski definition) is 1. The molecule has 1 heterocycles. The summed E-state index contributed by atoms with van der Waals surface area (Å²) in [5.74, 6) is 0. The summed E-state index contributed by atoms with van der Waals surface area (Å²) >= 11 is 0. The molecule has 0 amide bonds. The zero-order valence-electron chi connectivity index (χ0n) is 12.8. The summed E-state index contributed by atoms with van der Waals surface area (Å²) in [7, 11) is 0. The van der Waals surface area contributed by atoms with Gasteiger partial charge in [0.1, 0.15) is 0 Å². The average Bonchev–Trinajstić information content (AvgIpc) is 2.87. The van der Waals surface area contributed by atoms with Crippen LogP contribution in [0, 0.1) is 0 Å². The highest BCUT2D eigenvalue weighted by atomic mass is 16.5. The molecular formula is C16H30N2O. The van der Waals surface area contributed by atoms with E-state index in [0.29, 0.717) is 6.04 Å². The van der Waals surface area contributed by atoms with Crippen molar-refractivity contribution in [3.63, 3.8) is 0 Å². The molecule has 19 heavy (non-hydrogen) atoms. The van der Waals surface area contributed by atoms with Crippen LogP contribution < -0.4 is 5.32 Å². The topological polar surface area (TPSA) is 26.2 Å². The Morgan fingerprint density at radius 3 is 2.74 bits per heavy atom. The SMILES string of the molecule is CCCCOCCn1ccc(C(CCC)NCC)c1. The number of hydrogen-bond acceptors (Lipinski definition) is 2. The second-order valence-corrected chi connectivity index (χ2v) is 5.05. The Balaban J connectivity index is 2.37. The molecule has 0 radical (unpaired) electrons. The molecule has 1 aromatic rings. The molecule has 3 heteroatoms. The largest absolute Gasteiger partial charge is 0.380 e. The molecule has 1 atom stereocenters. The maximum Gasteiger partial charge on any atom is 0.0645 e. The van der Waals surface area contributed by atoms with Gasteiger partial charge in [0.15, 0.2) is 0 Å². The Kier molecular flexibility index (Phi) is 8.59. The van der Waals surface area contributed by atoms with Crippen LogP contribution in [0.2, 0.25) is 0 Å². The number of unbranched alkanes of at least 4 members (excludes halogenated alkanes) is 1. The standard InChI is InChI=1S/C16H30N2O/c1-4-7-12-19-13-11-18-10-9-15(14-18)16(8-5-2)17-6-3/h9-10,14,16-17H,4-8,11-13H2,1-3H3. The minimum Gasteiger partial charge on any atom is -0.380 e. The van der Waals surface area contributed by atoms with Crippen molar-refractivity contribution in [2.24, 2.45) is 0 Å². The monoisotopic (exact) mass is 266 g/mol. The molecule has 0 aliphatic carbocycles. The van der Waals surface area contributed by atoms with Crippen molar-refractivity contribution in [1.82, 2.24) is 9.88 Å². The van der Waals surface area contributed by atoms with E-state index in [1.54, 1.807) is 0 Å². The third kappa shape index (κ3) is 6.26. The van der Waals surface area contributed by atoms with Gasteiger partial charge in [-0.25, -0.2) is 0 Å². The Morgan fingerprint density at radius 2 is 2.05 bits per heavy atom. The van der Waals surface area contributed by atoms with Crippen LogP contribution in [-0.2, 0) is 11.3 Å². The summed E-state index contributed by atoms with van der Waals surface area (Å²) < 4.78 is 7.84. The van der Waals surface area contributed by atoms with Gasteiger partial charge in [-0.05, 0) is 31.0 Å². The minimum absolute atomic E-state index is 0.497. The molecule has 1 aromatic heterocycles. The van der Waals surface area contributed by atoms with Crippen LogP contribution >= 0.6 is 0 Å². The second-order valence-electron chi connectivity index (χ2n) is 5.05. The molecule has 110 valence electrons. The van der Waals surface area contributed by atoms with Gasteiger partial charge >= 0.3 is 0 Å². The quantitative estimate of drug-likeness (QED) is 0.617. The predicted molar refractivity (Wildman–Crippen MR) is 81.5 cm³/mol. The zero-order chi connectivity index (χ0) is 13.9. The van der Waals surface area contributed by atoms with E-state index < -0.39 is 0 Å². The number of rotatable bonds is 11. The van der Waals surface area contributed by atoms with Gasteiger partial charge in [0.05, 0.1) is 6.61 Å². The van der Waals surface area contributed by atoms with Crippen LogP contribution in [0.25, 0.3) is 0 Å². The fourth-order valence-electron chi connectivity index (χ4n) is 2.24. The maximum atomic E-state index is 5.61. The minimum atomic E-state index is 0.497. The molecule has 0 spiro atoms. The summed E-state index contributed by atoms with van der Waals surface area (Å²) in [4.78, 5) is 0. The van der Waals surface area contributed by atoms with Gasteiger partial charge in [0, 0.05) is 31.6 Å². The van der Waals surface area contributed by atoms with Crippen LogP contribution in [0.3, 0.4) is 0 Å². The van der Waals surface area contributed by atoms with E-state index in [9.17, 15) is 0 Å². The van der Waals surface area contributed by atoms with Crippen LogP contribution in [0.5, 0.6) is 0 Å². The van der Waals surface area contributed by atoms with Crippen LogP contribution in [0.15, 0.2) is 18.5 Å². The Morgan fingerprint density at radius 1 is 1.21 bits per heavy atom. The lowest BCUT2D eigenvalue weighted by molar-refractivity contribution is 0.123. The predicted octanol–water partition coefficient (Wildman–Crippen LogP) is 3.76. The fourth-order valence-corrected chi connectivity index (χ4v) is 2.24. The van der Waals surface area contributed by atoms with Gasteiger partial charge in [-0.1, -0.05) is 33.6 Å². The first-order valence-corrected chi connectivity index (χ1v) is 7.78. The molecule has 1 rings (SSSR count). The lowest BCUT2D eigenvalue weighted by Crippen LogP contribution is -2.20. The lowest BCUT2D eigenvalue weighted by atomic mass is 10.1. The molecule has 0 fully saturated rings. The van der Waals surface area contributed by atoms with Crippen molar-refractivity contribution in [3.05, 3.63) is 24.0 Å². The normalized spacial score (nSPS) is 12.8. The number of ether oxygens (including phenoxy) is 1. The van der Waals surface area contributed by atoms with Crippen LogP contribution in [-0.4, -0.2) is 24.3 Å². The van der Waals surface area contributed by atoms with Gasteiger partial charge in [-0.15, -0.1) is 0 Å². The summed E-state index contributed by atoms with van der Waals surface area (Å²) in [5.41, 5.74) is 1.40. The molecule has 1 unspecified atom stereocenters. The van der Waals surface area contributed by atoms with Crippen molar-refractivity contribution in [3.8, 4) is 0 Å². The molecule has 0 saturated carbocycles. The van der Waals surface area contributed by atoms with Gasteiger partial charge in [-0.3, -0.25) is 0 Å². The summed E-state index contributed by atoms with van der Waals surface area (Å²) in [6, 6.07) is 2.73. The van der Waals surface area contributed by atoms with Crippen molar-refractivity contribution in [2.75, 3.05) is 19.8 Å². The van der Waals surface area contributed by atoms with E-state index in [1.807, 2.05) is 0 Å². The highest BCUT2D eigenvalue weighted by molar-refractivity contribution is 5.15. The summed E-state index contributed by atoms with van der Waals surface area (Å²) in [6.45, 7) is 10.3. The molecule has 0 saturated heterocycles. The highest BCUT2D eigenvalue weighted by Gasteiger charge is 2.10. The lowest BCUT2D eigenvalue weighted by Gasteiger charge is -2.15. The second kappa shape index (κ2) is 10.0. The molecular weight excluding hydrogens is 236 g/mol. The number of nitrogens with zero attached hydrogens (tertiary/aromatic N) is 1. The zero-order valence-corrected chi connectivity index (χ0v) is 12.8. The number of aromatic nitrogens is 1. The Bertz CT molecular complexity index is 316. The summed E-state index contributed by atoms with van der Waals surface area (Å²) in [6.07, 6.45) is 9.20. The Labute approximate surface area is 118 Å². The van der Waals surface area contributed by atoms with E-state index >= 15 is 0 Å². The van der Waals surface area contributed by atoms with Gasteiger partial charge in [0.25, 0.3) is 0 Å². The molecule has 0 aromatic carbocycles. The third-order valence-electron chi connectivity index (χ3n) is 3.34.